The summed E-state index contributed by atoms with van der Waals surface area (Å²) in [6, 6.07) is 0.593. The smallest absolute Gasteiger partial charge is 0.202 e. The molecule has 0 atom stereocenters. The Labute approximate surface area is 105 Å². The van der Waals surface area contributed by atoms with E-state index >= 15 is 0 Å². The van der Waals surface area contributed by atoms with E-state index in [2.05, 4.69) is 47.6 Å². The molecule has 1 aromatic rings. The summed E-state index contributed by atoms with van der Waals surface area (Å²) in [4.78, 5) is 6.69. The number of anilines is 1. The van der Waals surface area contributed by atoms with E-state index < -0.39 is 0 Å². The third-order valence-electron chi connectivity index (χ3n) is 3.10. The zero-order valence-corrected chi connectivity index (χ0v) is 11.6. The average Bonchev–Trinajstić information content (AvgIpc) is 2.74. The minimum atomic E-state index is 0.593. The van der Waals surface area contributed by atoms with Crippen molar-refractivity contribution >= 4 is 5.95 Å². The molecule has 17 heavy (non-hydrogen) atoms. The molecule has 4 nitrogen and oxygen atoms in total. The van der Waals surface area contributed by atoms with Crippen molar-refractivity contribution in [2.45, 2.75) is 46.2 Å². The van der Waals surface area contributed by atoms with Gasteiger partial charge in [-0.2, -0.15) is 0 Å². The fourth-order valence-electron chi connectivity index (χ4n) is 1.56. The summed E-state index contributed by atoms with van der Waals surface area (Å²) in [5.41, 5.74) is 0. The molecule has 0 radical (unpaired) electrons. The highest BCUT2D eigenvalue weighted by molar-refractivity contribution is 5.25. The second-order valence-corrected chi connectivity index (χ2v) is 4.80. The maximum atomic E-state index is 4.34. The molecular weight excluding hydrogens is 212 g/mol. The summed E-state index contributed by atoms with van der Waals surface area (Å²) in [6.45, 7) is 9.68. The van der Waals surface area contributed by atoms with Crippen LogP contribution in [0.25, 0.3) is 0 Å². The summed E-state index contributed by atoms with van der Waals surface area (Å²) in [5, 5.41) is 3.38. The van der Waals surface area contributed by atoms with Crippen LogP contribution in [0.15, 0.2) is 12.4 Å². The number of nitrogens with zero attached hydrogens (tertiary/aromatic N) is 3. The summed E-state index contributed by atoms with van der Waals surface area (Å²) < 4.78 is 2.19. The van der Waals surface area contributed by atoms with Crippen molar-refractivity contribution in [2.24, 2.45) is 0 Å². The van der Waals surface area contributed by atoms with E-state index in [4.69, 9.17) is 0 Å². The van der Waals surface area contributed by atoms with Crippen LogP contribution in [0.2, 0.25) is 0 Å². The number of hydrogen-bond acceptors (Lipinski definition) is 3. The quantitative estimate of drug-likeness (QED) is 0.706. The summed E-state index contributed by atoms with van der Waals surface area (Å²) in [5.74, 6) is 0.996. The van der Waals surface area contributed by atoms with Gasteiger partial charge >= 0.3 is 0 Å². The van der Waals surface area contributed by atoms with Crippen molar-refractivity contribution in [3.05, 3.63) is 12.4 Å². The van der Waals surface area contributed by atoms with Gasteiger partial charge in [-0.25, -0.2) is 4.98 Å². The van der Waals surface area contributed by atoms with Crippen molar-refractivity contribution in [1.29, 1.82) is 0 Å². The molecule has 1 rings (SSSR count). The van der Waals surface area contributed by atoms with E-state index in [9.17, 15) is 0 Å². The van der Waals surface area contributed by atoms with Gasteiger partial charge in [0.25, 0.3) is 0 Å². The Morgan fingerprint density at radius 1 is 1.47 bits per heavy atom. The number of aromatic nitrogens is 2. The molecule has 1 aromatic heterocycles. The van der Waals surface area contributed by atoms with Crippen LogP contribution in [0.3, 0.4) is 0 Å². The van der Waals surface area contributed by atoms with Crippen molar-refractivity contribution in [3.8, 4) is 0 Å². The van der Waals surface area contributed by atoms with Gasteiger partial charge in [-0.1, -0.05) is 13.3 Å². The highest BCUT2D eigenvalue weighted by Crippen LogP contribution is 2.05. The molecular formula is C13H26N4. The topological polar surface area (TPSA) is 33.1 Å². The predicted molar refractivity (Wildman–Crippen MR) is 73.4 cm³/mol. The first-order valence-electron chi connectivity index (χ1n) is 6.60. The van der Waals surface area contributed by atoms with Gasteiger partial charge in [-0.15, -0.1) is 0 Å². The van der Waals surface area contributed by atoms with Gasteiger partial charge in [-0.05, 0) is 27.3 Å². The van der Waals surface area contributed by atoms with Crippen LogP contribution in [0, 0.1) is 0 Å². The Morgan fingerprint density at radius 2 is 2.24 bits per heavy atom. The highest BCUT2D eigenvalue weighted by atomic mass is 15.2. The lowest BCUT2D eigenvalue weighted by molar-refractivity contribution is 0.263. The van der Waals surface area contributed by atoms with E-state index in [1.165, 1.54) is 12.8 Å². The molecule has 0 spiro atoms. The van der Waals surface area contributed by atoms with Crippen LogP contribution in [-0.4, -0.2) is 40.6 Å². The van der Waals surface area contributed by atoms with E-state index in [-0.39, 0.29) is 0 Å². The first-order chi connectivity index (χ1) is 8.15. The van der Waals surface area contributed by atoms with Crippen molar-refractivity contribution in [3.63, 3.8) is 0 Å². The third-order valence-corrected chi connectivity index (χ3v) is 3.10. The largest absolute Gasteiger partial charge is 0.356 e. The Bertz CT molecular complexity index is 306. The fraction of sp³-hybridized carbons (Fsp3) is 0.769. The van der Waals surface area contributed by atoms with Gasteiger partial charge in [0.05, 0.1) is 0 Å². The second kappa shape index (κ2) is 7.33. The summed E-state index contributed by atoms with van der Waals surface area (Å²) >= 11 is 0. The molecule has 0 saturated heterocycles. The maximum Gasteiger partial charge on any atom is 0.202 e. The Morgan fingerprint density at radius 3 is 2.88 bits per heavy atom. The molecule has 1 heterocycles. The van der Waals surface area contributed by atoms with E-state index in [1.807, 2.05) is 12.4 Å². The number of unbranched alkanes of at least 4 members (excludes halogenated alkanes) is 1. The standard InChI is InChI=1S/C13H26N4/c1-5-6-7-14-13-15-8-9-17(13)11-10-16(4)12(2)3/h8-9,12H,5-7,10-11H2,1-4H3,(H,14,15). The Hall–Kier alpha value is -1.03. The van der Waals surface area contributed by atoms with Crippen LogP contribution in [-0.2, 0) is 6.54 Å². The minimum absolute atomic E-state index is 0.593. The van der Waals surface area contributed by atoms with E-state index in [0.717, 1.165) is 25.6 Å². The Kier molecular flexibility index (Phi) is 6.05. The molecule has 0 saturated carbocycles. The van der Waals surface area contributed by atoms with Crippen LogP contribution < -0.4 is 5.32 Å². The number of rotatable bonds is 8. The number of likely N-dealkylation sites (N-methyl/N-ethyl adjacent to an activating group) is 1. The molecule has 0 amide bonds. The minimum Gasteiger partial charge on any atom is -0.356 e. The zero-order valence-electron chi connectivity index (χ0n) is 11.6. The molecule has 0 aliphatic carbocycles. The van der Waals surface area contributed by atoms with Gasteiger partial charge in [0.15, 0.2) is 0 Å². The van der Waals surface area contributed by atoms with Gasteiger partial charge < -0.3 is 14.8 Å². The first-order valence-corrected chi connectivity index (χ1v) is 6.60. The van der Waals surface area contributed by atoms with Crippen molar-refractivity contribution in [1.82, 2.24) is 14.5 Å². The van der Waals surface area contributed by atoms with Gasteiger partial charge in [0, 0.05) is 38.1 Å². The molecule has 0 unspecified atom stereocenters. The molecule has 0 aliphatic rings. The highest BCUT2D eigenvalue weighted by Gasteiger charge is 2.05. The molecule has 0 aliphatic heterocycles. The average molecular weight is 238 g/mol. The molecule has 0 fully saturated rings. The van der Waals surface area contributed by atoms with Gasteiger partial charge in [-0.3, -0.25) is 0 Å². The third kappa shape index (κ3) is 4.77. The van der Waals surface area contributed by atoms with Crippen LogP contribution >= 0.6 is 0 Å². The summed E-state index contributed by atoms with van der Waals surface area (Å²) in [6.07, 6.45) is 6.31. The fourth-order valence-corrected chi connectivity index (χ4v) is 1.56. The van der Waals surface area contributed by atoms with Crippen molar-refractivity contribution < 1.29 is 0 Å². The number of hydrogen-bond donors (Lipinski definition) is 1. The van der Waals surface area contributed by atoms with E-state index in [0.29, 0.717) is 6.04 Å². The normalized spacial score (nSPS) is 11.4. The lowest BCUT2D eigenvalue weighted by Crippen LogP contribution is -2.29. The molecule has 98 valence electrons. The van der Waals surface area contributed by atoms with Gasteiger partial charge in [0.2, 0.25) is 5.95 Å². The van der Waals surface area contributed by atoms with Crippen LogP contribution in [0.4, 0.5) is 5.95 Å². The Balaban J connectivity index is 2.40. The van der Waals surface area contributed by atoms with E-state index in [1.54, 1.807) is 0 Å². The first kappa shape index (κ1) is 14.0. The predicted octanol–water partition coefficient (Wildman–Crippen LogP) is 2.44. The maximum absolute atomic E-state index is 4.34. The molecule has 0 bridgehead atoms. The number of imidazole rings is 1. The lowest BCUT2D eigenvalue weighted by atomic mass is 10.3. The molecule has 4 heteroatoms. The van der Waals surface area contributed by atoms with Gasteiger partial charge in [0.1, 0.15) is 0 Å². The lowest BCUT2D eigenvalue weighted by Gasteiger charge is -2.21. The zero-order chi connectivity index (χ0) is 12.7. The monoisotopic (exact) mass is 238 g/mol. The second-order valence-electron chi connectivity index (χ2n) is 4.80. The van der Waals surface area contributed by atoms with Crippen molar-refractivity contribution in [2.75, 3.05) is 25.5 Å². The summed E-state index contributed by atoms with van der Waals surface area (Å²) in [7, 11) is 2.16. The van der Waals surface area contributed by atoms with Crippen LogP contribution in [0.1, 0.15) is 33.6 Å². The van der Waals surface area contributed by atoms with Crippen LogP contribution in [0.5, 0.6) is 0 Å². The SMILES string of the molecule is CCCCNc1nccn1CCN(C)C(C)C. The number of nitrogens with one attached hydrogen (secondary N) is 1. The molecule has 1 N–H and O–H groups in total. The molecule has 0 aromatic carbocycles.